The summed E-state index contributed by atoms with van der Waals surface area (Å²) in [6, 6.07) is 10.6. The molecule has 1 amide bonds. The van der Waals surface area contributed by atoms with Gasteiger partial charge in [-0.2, -0.15) is 0 Å². The first-order valence-corrected chi connectivity index (χ1v) is 10.4. The van der Waals surface area contributed by atoms with E-state index in [-0.39, 0.29) is 18.1 Å². The molecule has 0 heterocycles. The molecule has 0 atom stereocenters. The van der Waals surface area contributed by atoms with E-state index < -0.39 is 11.9 Å². The van der Waals surface area contributed by atoms with E-state index in [1.807, 2.05) is 25.1 Å². The van der Waals surface area contributed by atoms with Gasteiger partial charge in [0.15, 0.2) is 18.1 Å². The highest BCUT2D eigenvalue weighted by Crippen LogP contribution is 2.37. The summed E-state index contributed by atoms with van der Waals surface area (Å²) < 4.78 is 21.1. The summed E-state index contributed by atoms with van der Waals surface area (Å²) >= 11 is 3.39. The fraction of sp³-hybridized carbons (Fsp3) is 0.261. The van der Waals surface area contributed by atoms with Crippen LogP contribution in [0.2, 0.25) is 0 Å². The number of carbonyl (C=O) groups excluding carboxylic acids is 3. The Kier molecular flexibility index (Phi) is 9.27. The van der Waals surface area contributed by atoms with Gasteiger partial charge in [-0.1, -0.05) is 12.1 Å². The van der Waals surface area contributed by atoms with Crippen molar-refractivity contribution in [2.24, 2.45) is 0 Å². The van der Waals surface area contributed by atoms with E-state index in [9.17, 15) is 14.4 Å². The number of anilines is 1. The second-order valence-corrected chi connectivity index (χ2v) is 7.36. The molecule has 0 spiro atoms. The van der Waals surface area contributed by atoms with Gasteiger partial charge in [0, 0.05) is 5.69 Å². The van der Waals surface area contributed by atoms with Crippen molar-refractivity contribution < 1.29 is 33.3 Å². The monoisotopic (exact) mass is 505 g/mol. The molecule has 1 N–H and O–H groups in total. The van der Waals surface area contributed by atoms with Gasteiger partial charge in [-0.3, -0.25) is 4.79 Å². The van der Waals surface area contributed by atoms with Gasteiger partial charge in [-0.25, -0.2) is 9.59 Å². The van der Waals surface area contributed by atoms with E-state index in [1.165, 1.54) is 20.3 Å². The van der Waals surface area contributed by atoms with Gasteiger partial charge in [0.25, 0.3) is 5.91 Å². The molecular weight excluding hydrogens is 482 g/mol. The molecular formula is C23H24BrNO7. The number of carbonyl (C=O) groups is 3. The number of amides is 1. The fourth-order valence-electron chi connectivity index (χ4n) is 2.72. The van der Waals surface area contributed by atoms with E-state index in [0.29, 0.717) is 33.8 Å². The van der Waals surface area contributed by atoms with Crippen molar-refractivity contribution in [3.8, 4) is 11.5 Å². The predicted octanol–water partition coefficient (Wildman–Crippen LogP) is 3.90. The number of aryl methyl sites for hydroxylation is 1. The lowest BCUT2D eigenvalue weighted by molar-refractivity contribution is -0.143. The molecule has 0 aliphatic rings. The van der Waals surface area contributed by atoms with E-state index in [2.05, 4.69) is 30.7 Å². The number of benzene rings is 2. The summed E-state index contributed by atoms with van der Waals surface area (Å²) in [6.45, 7) is 3.79. The maximum Gasteiger partial charge on any atom is 0.345 e. The van der Waals surface area contributed by atoms with Crippen molar-refractivity contribution in [2.75, 3.05) is 32.8 Å². The molecule has 32 heavy (non-hydrogen) atoms. The Balaban J connectivity index is 2.26. The lowest BCUT2D eigenvalue weighted by Gasteiger charge is -2.15. The van der Waals surface area contributed by atoms with Crippen molar-refractivity contribution in [3.05, 3.63) is 57.6 Å². The standard InChI is InChI=1S/C23H24BrNO7/c1-5-31-19-12-15(10-17(22(27)29-3)23(28)30-4)11-18(24)21(19)32-13-20(26)25-16-8-6-7-14(2)9-16/h6-12H,5,13H2,1-4H3,(H,25,26). The Morgan fingerprint density at radius 3 is 2.31 bits per heavy atom. The molecule has 170 valence electrons. The summed E-state index contributed by atoms with van der Waals surface area (Å²) in [7, 11) is 2.33. The van der Waals surface area contributed by atoms with Crippen LogP contribution in [0.1, 0.15) is 18.1 Å². The Morgan fingerprint density at radius 2 is 1.72 bits per heavy atom. The lowest BCUT2D eigenvalue weighted by Crippen LogP contribution is -2.20. The second-order valence-electron chi connectivity index (χ2n) is 6.51. The number of nitrogens with one attached hydrogen (secondary N) is 1. The van der Waals surface area contributed by atoms with Gasteiger partial charge in [0.2, 0.25) is 0 Å². The first kappa shape index (κ1) is 24.9. The van der Waals surface area contributed by atoms with Crippen LogP contribution in [0.25, 0.3) is 6.08 Å². The molecule has 0 aliphatic carbocycles. The summed E-state index contributed by atoms with van der Waals surface area (Å²) in [6.07, 6.45) is 1.32. The third-order valence-corrected chi connectivity index (χ3v) is 4.69. The van der Waals surface area contributed by atoms with Crippen molar-refractivity contribution in [1.29, 1.82) is 0 Å². The van der Waals surface area contributed by atoms with E-state index in [0.717, 1.165) is 5.56 Å². The first-order chi connectivity index (χ1) is 15.3. The van der Waals surface area contributed by atoms with Crippen LogP contribution in [0, 0.1) is 6.92 Å². The van der Waals surface area contributed by atoms with E-state index in [4.69, 9.17) is 9.47 Å². The lowest BCUT2D eigenvalue weighted by atomic mass is 10.1. The van der Waals surface area contributed by atoms with E-state index in [1.54, 1.807) is 25.1 Å². The maximum atomic E-state index is 12.3. The van der Waals surface area contributed by atoms with Crippen LogP contribution < -0.4 is 14.8 Å². The first-order valence-electron chi connectivity index (χ1n) is 9.63. The zero-order chi connectivity index (χ0) is 23.7. The van der Waals surface area contributed by atoms with Crippen molar-refractivity contribution in [3.63, 3.8) is 0 Å². The zero-order valence-electron chi connectivity index (χ0n) is 18.2. The molecule has 2 aromatic carbocycles. The molecule has 0 fully saturated rings. The molecule has 0 aliphatic heterocycles. The zero-order valence-corrected chi connectivity index (χ0v) is 19.8. The Bertz CT molecular complexity index is 1020. The normalized spacial score (nSPS) is 10.0. The average molecular weight is 506 g/mol. The minimum Gasteiger partial charge on any atom is -0.490 e. The minimum atomic E-state index is -0.834. The number of halogens is 1. The van der Waals surface area contributed by atoms with Crippen LogP contribution in [0.15, 0.2) is 46.4 Å². The molecule has 0 aromatic heterocycles. The quantitative estimate of drug-likeness (QED) is 0.238. The Morgan fingerprint density at radius 1 is 1.03 bits per heavy atom. The minimum absolute atomic E-state index is 0.253. The van der Waals surface area contributed by atoms with Crippen LogP contribution in [-0.4, -0.2) is 45.3 Å². The van der Waals surface area contributed by atoms with Crippen LogP contribution in [-0.2, 0) is 23.9 Å². The average Bonchev–Trinajstić information content (AvgIpc) is 2.76. The molecule has 9 heteroatoms. The number of hydrogen-bond donors (Lipinski definition) is 1. The van der Waals surface area contributed by atoms with Crippen LogP contribution in [0.3, 0.4) is 0 Å². The highest BCUT2D eigenvalue weighted by atomic mass is 79.9. The van der Waals surface area contributed by atoms with Gasteiger partial charge in [-0.05, 0) is 71.2 Å². The second kappa shape index (κ2) is 11.9. The van der Waals surface area contributed by atoms with Crippen molar-refractivity contribution in [1.82, 2.24) is 0 Å². The topological polar surface area (TPSA) is 100 Å². The van der Waals surface area contributed by atoms with Gasteiger partial charge in [-0.15, -0.1) is 0 Å². The third kappa shape index (κ3) is 6.84. The number of hydrogen-bond acceptors (Lipinski definition) is 7. The highest BCUT2D eigenvalue weighted by molar-refractivity contribution is 9.10. The summed E-state index contributed by atoms with van der Waals surface area (Å²) in [4.78, 5) is 36.2. The van der Waals surface area contributed by atoms with Crippen LogP contribution >= 0.6 is 15.9 Å². The SMILES string of the molecule is CCOc1cc(C=C(C(=O)OC)C(=O)OC)cc(Br)c1OCC(=O)Nc1cccc(C)c1. The Hall–Kier alpha value is -3.33. The van der Waals surface area contributed by atoms with Gasteiger partial charge in [0.1, 0.15) is 5.57 Å². The molecule has 2 rings (SSSR count). The highest BCUT2D eigenvalue weighted by Gasteiger charge is 2.21. The number of methoxy groups -OCH3 is 2. The molecule has 0 unspecified atom stereocenters. The largest absolute Gasteiger partial charge is 0.490 e. The molecule has 0 bridgehead atoms. The number of ether oxygens (including phenoxy) is 4. The van der Waals surface area contributed by atoms with Gasteiger partial charge in [0.05, 0.1) is 25.3 Å². The predicted molar refractivity (Wildman–Crippen MR) is 123 cm³/mol. The van der Waals surface area contributed by atoms with Crippen molar-refractivity contribution in [2.45, 2.75) is 13.8 Å². The summed E-state index contributed by atoms with van der Waals surface area (Å²) in [5.74, 6) is -1.38. The summed E-state index contributed by atoms with van der Waals surface area (Å²) in [5, 5.41) is 2.77. The molecule has 0 saturated carbocycles. The van der Waals surface area contributed by atoms with Gasteiger partial charge < -0.3 is 24.3 Å². The smallest absolute Gasteiger partial charge is 0.345 e. The molecule has 0 saturated heterocycles. The Labute approximate surface area is 194 Å². The number of esters is 2. The molecule has 8 nitrogen and oxygen atoms in total. The third-order valence-electron chi connectivity index (χ3n) is 4.10. The fourth-order valence-corrected chi connectivity index (χ4v) is 3.29. The molecule has 2 aromatic rings. The van der Waals surface area contributed by atoms with E-state index >= 15 is 0 Å². The van der Waals surface area contributed by atoms with Crippen LogP contribution in [0.4, 0.5) is 5.69 Å². The maximum absolute atomic E-state index is 12.3. The van der Waals surface area contributed by atoms with Gasteiger partial charge >= 0.3 is 11.9 Å². The number of rotatable bonds is 9. The molecule has 0 radical (unpaired) electrons. The summed E-state index contributed by atoms with van der Waals surface area (Å²) in [5.41, 5.74) is 1.87. The van der Waals surface area contributed by atoms with Crippen molar-refractivity contribution >= 4 is 45.5 Å². The van der Waals surface area contributed by atoms with Crippen LogP contribution in [0.5, 0.6) is 11.5 Å².